The van der Waals surface area contributed by atoms with E-state index in [1.807, 2.05) is 44.2 Å². The molecular weight excluding hydrogens is 446 g/mol. The van der Waals surface area contributed by atoms with Gasteiger partial charge in [0, 0.05) is 13.0 Å². The van der Waals surface area contributed by atoms with Gasteiger partial charge >= 0.3 is 12.1 Å². The summed E-state index contributed by atoms with van der Waals surface area (Å²) in [6.45, 7) is 7.97. The van der Waals surface area contributed by atoms with Gasteiger partial charge in [0.1, 0.15) is 18.8 Å². The Hall–Kier alpha value is -2.24. The predicted octanol–water partition coefficient (Wildman–Crippen LogP) is 2.63. The zero-order chi connectivity index (χ0) is 24.3. The van der Waals surface area contributed by atoms with Gasteiger partial charge < -0.3 is 38.5 Å². The standard InChI is InChI=1S/C24H33NO9/c1-23(2)29-14-16(32-23)18-19(20-21(31-18)34-24(3,4)33-20)30-17(26)11-8-12-25-22(27)28-13-15-9-6-5-7-10-15/h5-7,9-10,16,18-21H,8,11-14H2,1-4H3,(H,25,27)/t16-,18+,19+,20-,21-/m0/s1. The van der Waals surface area contributed by atoms with Crippen molar-refractivity contribution in [1.29, 1.82) is 0 Å². The van der Waals surface area contributed by atoms with Crippen LogP contribution in [-0.2, 0) is 44.6 Å². The number of benzene rings is 1. The van der Waals surface area contributed by atoms with Crippen molar-refractivity contribution in [3.63, 3.8) is 0 Å². The number of nitrogens with one attached hydrogen (secondary N) is 1. The molecule has 0 radical (unpaired) electrons. The number of ether oxygens (including phenoxy) is 7. The summed E-state index contributed by atoms with van der Waals surface area (Å²) in [5, 5.41) is 2.64. The van der Waals surface area contributed by atoms with E-state index >= 15 is 0 Å². The van der Waals surface area contributed by atoms with E-state index in [0.29, 0.717) is 13.0 Å². The maximum Gasteiger partial charge on any atom is 0.407 e. The van der Waals surface area contributed by atoms with Gasteiger partial charge in [-0.1, -0.05) is 30.3 Å². The first-order valence-electron chi connectivity index (χ1n) is 11.6. The number of fused-ring (bicyclic) bond motifs is 1. The minimum absolute atomic E-state index is 0.108. The fourth-order valence-electron chi connectivity index (χ4n) is 4.22. The Morgan fingerprint density at radius 1 is 1.03 bits per heavy atom. The summed E-state index contributed by atoms with van der Waals surface area (Å²) in [5.41, 5.74) is 0.897. The Morgan fingerprint density at radius 3 is 2.50 bits per heavy atom. The average molecular weight is 480 g/mol. The number of carbonyl (C=O) groups excluding carboxylic acids is 2. The smallest absolute Gasteiger partial charge is 0.407 e. The van der Waals surface area contributed by atoms with Crippen molar-refractivity contribution < 1.29 is 42.7 Å². The first-order valence-corrected chi connectivity index (χ1v) is 11.6. The van der Waals surface area contributed by atoms with Crippen LogP contribution in [0.4, 0.5) is 4.79 Å². The first-order chi connectivity index (χ1) is 16.1. The van der Waals surface area contributed by atoms with Gasteiger partial charge in [0.25, 0.3) is 0 Å². The maximum atomic E-state index is 12.6. The fourth-order valence-corrected chi connectivity index (χ4v) is 4.22. The second-order valence-corrected chi connectivity index (χ2v) is 9.48. The molecule has 10 heteroatoms. The summed E-state index contributed by atoms with van der Waals surface area (Å²) in [5.74, 6) is -2.02. The molecule has 3 saturated heterocycles. The van der Waals surface area contributed by atoms with Crippen LogP contribution in [0.15, 0.2) is 30.3 Å². The number of alkyl carbamates (subject to hydrolysis) is 1. The molecule has 1 aromatic rings. The number of amides is 1. The van der Waals surface area contributed by atoms with Crippen LogP contribution in [0.3, 0.4) is 0 Å². The van der Waals surface area contributed by atoms with E-state index in [4.69, 9.17) is 33.2 Å². The van der Waals surface area contributed by atoms with E-state index in [-0.39, 0.29) is 19.6 Å². The third-order valence-corrected chi connectivity index (χ3v) is 5.73. The number of rotatable bonds is 8. The van der Waals surface area contributed by atoms with E-state index < -0.39 is 54.3 Å². The molecule has 34 heavy (non-hydrogen) atoms. The van der Waals surface area contributed by atoms with Crippen molar-refractivity contribution >= 4 is 12.1 Å². The van der Waals surface area contributed by atoms with Crippen LogP contribution >= 0.6 is 0 Å². The van der Waals surface area contributed by atoms with Gasteiger partial charge in [-0.25, -0.2) is 4.79 Å². The topological polar surface area (TPSA) is 111 Å². The molecule has 3 heterocycles. The molecule has 0 spiro atoms. The summed E-state index contributed by atoms with van der Waals surface area (Å²) in [6.07, 6.45) is -2.97. The summed E-state index contributed by atoms with van der Waals surface area (Å²) in [6, 6.07) is 9.39. The predicted molar refractivity (Wildman–Crippen MR) is 117 cm³/mol. The molecule has 1 aromatic carbocycles. The summed E-state index contributed by atoms with van der Waals surface area (Å²) in [4.78, 5) is 24.4. The summed E-state index contributed by atoms with van der Waals surface area (Å²) < 4.78 is 40.3. The first kappa shape index (κ1) is 24.9. The number of hydrogen-bond acceptors (Lipinski definition) is 9. The molecule has 0 aliphatic carbocycles. The molecule has 0 bridgehead atoms. The maximum absolute atomic E-state index is 12.6. The van der Waals surface area contributed by atoms with Crippen molar-refractivity contribution in [2.45, 2.75) is 89.4 Å². The highest BCUT2D eigenvalue weighted by Gasteiger charge is 2.59. The number of hydrogen-bond donors (Lipinski definition) is 1. The third-order valence-electron chi connectivity index (χ3n) is 5.73. The molecule has 0 unspecified atom stereocenters. The van der Waals surface area contributed by atoms with Crippen LogP contribution in [0.1, 0.15) is 46.1 Å². The molecule has 5 atom stereocenters. The zero-order valence-electron chi connectivity index (χ0n) is 20.0. The van der Waals surface area contributed by atoms with E-state index in [2.05, 4.69) is 5.32 Å². The van der Waals surface area contributed by atoms with E-state index in [0.717, 1.165) is 5.56 Å². The number of esters is 1. The third kappa shape index (κ3) is 6.25. The van der Waals surface area contributed by atoms with Crippen molar-refractivity contribution in [2.75, 3.05) is 13.2 Å². The lowest BCUT2D eigenvalue weighted by Gasteiger charge is -2.28. The monoisotopic (exact) mass is 479 g/mol. The highest BCUT2D eigenvalue weighted by atomic mass is 16.8. The summed E-state index contributed by atoms with van der Waals surface area (Å²) in [7, 11) is 0. The molecule has 188 valence electrons. The lowest BCUT2D eigenvalue weighted by Crippen LogP contribution is -2.45. The zero-order valence-corrected chi connectivity index (χ0v) is 20.0. The molecule has 1 amide bonds. The van der Waals surface area contributed by atoms with Crippen LogP contribution in [0.25, 0.3) is 0 Å². The highest BCUT2D eigenvalue weighted by molar-refractivity contribution is 5.70. The quantitative estimate of drug-likeness (QED) is 0.444. The molecule has 4 rings (SSSR count). The van der Waals surface area contributed by atoms with Crippen LogP contribution in [0, 0.1) is 0 Å². The number of carbonyl (C=O) groups is 2. The molecule has 3 fully saturated rings. The lowest BCUT2D eigenvalue weighted by atomic mass is 10.1. The molecule has 0 aromatic heterocycles. The van der Waals surface area contributed by atoms with Crippen LogP contribution < -0.4 is 5.32 Å². The lowest BCUT2D eigenvalue weighted by molar-refractivity contribution is -0.235. The Balaban J connectivity index is 1.23. The Kier molecular flexibility index (Phi) is 7.44. The normalized spacial score (nSPS) is 31.1. The van der Waals surface area contributed by atoms with Gasteiger partial charge in [0.15, 0.2) is 30.1 Å². The SMILES string of the molecule is CC1(C)O[C@@H]2O[C@H]([C@@H]3COC(C)(C)O3)[C@@H](OC(=O)CCCNC(=O)OCc3ccccc3)[C@@H]2O1. The van der Waals surface area contributed by atoms with E-state index in [1.165, 1.54) is 0 Å². The Bertz CT molecular complexity index is 859. The van der Waals surface area contributed by atoms with Gasteiger partial charge in [-0.15, -0.1) is 0 Å². The second-order valence-electron chi connectivity index (χ2n) is 9.48. The van der Waals surface area contributed by atoms with Gasteiger partial charge in [-0.3, -0.25) is 4.79 Å². The Labute approximate surface area is 199 Å². The molecule has 10 nitrogen and oxygen atoms in total. The van der Waals surface area contributed by atoms with Gasteiger partial charge in [-0.2, -0.15) is 0 Å². The second kappa shape index (κ2) is 10.2. The minimum Gasteiger partial charge on any atom is -0.456 e. The molecular formula is C24H33NO9. The van der Waals surface area contributed by atoms with E-state index in [9.17, 15) is 9.59 Å². The van der Waals surface area contributed by atoms with Gasteiger partial charge in [-0.05, 0) is 39.7 Å². The van der Waals surface area contributed by atoms with Crippen LogP contribution in [0.5, 0.6) is 0 Å². The molecule has 0 saturated carbocycles. The van der Waals surface area contributed by atoms with Crippen molar-refractivity contribution in [1.82, 2.24) is 5.32 Å². The highest BCUT2D eigenvalue weighted by Crippen LogP contribution is 2.42. The average Bonchev–Trinajstić information content (AvgIpc) is 3.40. The van der Waals surface area contributed by atoms with E-state index in [1.54, 1.807) is 13.8 Å². The largest absolute Gasteiger partial charge is 0.456 e. The van der Waals surface area contributed by atoms with Crippen LogP contribution in [-0.4, -0.2) is 67.5 Å². The minimum atomic E-state index is -0.846. The van der Waals surface area contributed by atoms with Crippen LogP contribution in [0.2, 0.25) is 0 Å². The van der Waals surface area contributed by atoms with Gasteiger partial charge in [0.2, 0.25) is 0 Å². The summed E-state index contributed by atoms with van der Waals surface area (Å²) >= 11 is 0. The van der Waals surface area contributed by atoms with Crippen molar-refractivity contribution in [3.8, 4) is 0 Å². The Morgan fingerprint density at radius 2 is 1.79 bits per heavy atom. The van der Waals surface area contributed by atoms with Crippen molar-refractivity contribution in [2.24, 2.45) is 0 Å². The molecule has 3 aliphatic rings. The van der Waals surface area contributed by atoms with Crippen molar-refractivity contribution in [3.05, 3.63) is 35.9 Å². The van der Waals surface area contributed by atoms with Gasteiger partial charge in [0.05, 0.1) is 6.61 Å². The fraction of sp³-hybridized carbons (Fsp3) is 0.667. The molecule has 3 aliphatic heterocycles. The molecule has 1 N–H and O–H groups in total.